The van der Waals surface area contributed by atoms with E-state index >= 15 is 0 Å². The minimum atomic E-state index is -0.776. The van der Waals surface area contributed by atoms with Crippen molar-refractivity contribution in [1.82, 2.24) is 0 Å². The van der Waals surface area contributed by atoms with Crippen LogP contribution >= 0.6 is 0 Å². The van der Waals surface area contributed by atoms with Gasteiger partial charge in [-0.25, -0.2) is 0 Å². The van der Waals surface area contributed by atoms with Gasteiger partial charge in [0.2, 0.25) is 5.91 Å². The van der Waals surface area contributed by atoms with Crippen LogP contribution in [0.15, 0.2) is 54.6 Å². The van der Waals surface area contributed by atoms with Gasteiger partial charge in [0.25, 0.3) is 0 Å². The van der Waals surface area contributed by atoms with Crippen molar-refractivity contribution >= 4 is 11.6 Å². The molecule has 2 nitrogen and oxygen atoms in total. The highest BCUT2D eigenvalue weighted by Crippen LogP contribution is 2.45. The molecule has 1 aliphatic rings. The number of amides is 1. The largest absolute Gasteiger partial charge is 0.314 e. The molecule has 0 saturated heterocycles. The number of likely N-dealkylation sites (N-methyl/N-ethyl adjacent to an activating group) is 1. The maximum Gasteiger partial charge on any atom is 0.237 e. The van der Waals surface area contributed by atoms with Crippen molar-refractivity contribution in [3.8, 4) is 0 Å². The van der Waals surface area contributed by atoms with Crippen LogP contribution in [0.5, 0.6) is 0 Å². The number of hydrogen-bond acceptors (Lipinski definition) is 1. The normalized spacial score (nSPS) is 20.7. The average molecular weight is 283 g/mol. The number of para-hydroxylation sites is 1. The van der Waals surface area contributed by atoms with Gasteiger partial charge in [0, 0.05) is 12.7 Å². The molecule has 108 valence electrons. The number of rotatable bonds is 4. The molecule has 1 heterocycles. The first-order chi connectivity index (χ1) is 10.2. The number of fused-ring (bicyclic) bond motifs is 1. The van der Waals surface area contributed by atoms with Crippen LogP contribution in [0.1, 0.15) is 17.5 Å². The van der Waals surface area contributed by atoms with Crippen molar-refractivity contribution in [1.29, 1.82) is 0 Å². The minimum Gasteiger partial charge on any atom is -0.314 e. The highest BCUT2D eigenvalue weighted by molar-refractivity contribution is 6.07. The molecule has 1 aliphatic heterocycles. The van der Waals surface area contributed by atoms with E-state index < -0.39 is 12.1 Å². The SMILES string of the molecule is CN1C(=O)C(CCF)(Cc2ccccc2)c2ccccc21. The van der Waals surface area contributed by atoms with E-state index in [-0.39, 0.29) is 12.3 Å². The zero-order valence-corrected chi connectivity index (χ0v) is 12.1. The van der Waals surface area contributed by atoms with Gasteiger partial charge in [-0.15, -0.1) is 0 Å². The second-order valence-electron chi connectivity index (χ2n) is 5.56. The summed E-state index contributed by atoms with van der Waals surface area (Å²) in [5, 5.41) is 0. The topological polar surface area (TPSA) is 20.3 Å². The van der Waals surface area contributed by atoms with Crippen LogP contribution in [0.2, 0.25) is 0 Å². The van der Waals surface area contributed by atoms with E-state index in [1.165, 1.54) is 0 Å². The lowest BCUT2D eigenvalue weighted by Gasteiger charge is -2.27. The predicted molar refractivity (Wildman–Crippen MR) is 82.3 cm³/mol. The number of carbonyl (C=O) groups excluding carboxylic acids is 1. The Kier molecular flexibility index (Phi) is 3.50. The van der Waals surface area contributed by atoms with Gasteiger partial charge in [-0.2, -0.15) is 0 Å². The van der Waals surface area contributed by atoms with Crippen LogP contribution in [0.3, 0.4) is 0 Å². The first-order valence-corrected chi connectivity index (χ1v) is 7.16. The number of alkyl halides is 1. The van der Waals surface area contributed by atoms with Gasteiger partial charge in [0.15, 0.2) is 0 Å². The summed E-state index contributed by atoms with van der Waals surface area (Å²) in [6, 6.07) is 17.6. The van der Waals surface area contributed by atoms with E-state index in [0.29, 0.717) is 6.42 Å². The van der Waals surface area contributed by atoms with Crippen molar-refractivity contribution in [2.24, 2.45) is 0 Å². The Morgan fingerprint density at radius 2 is 1.71 bits per heavy atom. The molecular formula is C18H18FNO. The summed E-state index contributed by atoms with van der Waals surface area (Å²) in [7, 11) is 1.77. The minimum absolute atomic E-state index is 0.00907. The maximum absolute atomic E-state index is 13.2. The number of anilines is 1. The molecule has 1 amide bonds. The molecule has 3 rings (SSSR count). The molecule has 2 aromatic carbocycles. The lowest BCUT2D eigenvalue weighted by atomic mass is 9.74. The van der Waals surface area contributed by atoms with Gasteiger partial charge in [-0.05, 0) is 30.0 Å². The molecule has 0 fully saturated rings. The molecule has 1 unspecified atom stereocenters. The van der Waals surface area contributed by atoms with Crippen molar-refractivity contribution < 1.29 is 9.18 Å². The smallest absolute Gasteiger partial charge is 0.237 e. The fourth-order valence-corrected chi connectivity index (χ4v) is 3.32. The number of carbonyl (C=O) groups is 1. The maximum atomic E-state index is 13.2. The quantitative estimate of drug-likeness (QED) is 0.841. The molecule has 0 bridgehead atoms. The molecular weight excluding hydrogens is 265 g/mol. The van der Waals surface area contributed by atoms with Crippen LogP contribution in [0, 0.1) is 0 Å². The number of halogens is 1. The third-order valence-electron chi connectivity index (χ3n) is 4.36. The summed E-state index contributed by atoms with van der Waals surface area (Å²) in [6.07, 6.45) is 0.764. The molecule has 0 aromatic heterocycles. The second-order valence-corrected chi connectivity index (χ2v) is 5.56. The van der Waals surface area contributed by atoms with Crippen molar-refractivity contribution in [2.45, 2.75) is 18.3 Å². The van der Waals surface area contributed by atoms with E-state index in [0.717, 1.165) is 16.8 Å². The Hall–Kier alpha value is -2.16. The van der Waals surface area contributed by atoms with E-state index in [9.17, 15) is 9.18 Å². The standard InChI is InChI=1S/C18H18FNO/c1-20-16-10-6-5-9-15(16)18(11-12-19,17(20)21)13-14-7-3-2-4-8-14/h2-10H,11-13H2,1H3. The average Bonchev–Trinajstić information content (AvgIpc) is 2.72. The van der Waals surface area contributed by atoms with Crippen molar-refractivity contribution in [3.63, 3.8) is 0 Å². The highest BCUT2D eigenvalue weighted by atomic mass is 19.1. The zero-order chi connectivity index (χ0) is 14.9. The number of nitrogens with zero attached hydrogens (tertiary/aromatic N) is 1. The molecule has 0 N–H and O–H groups in total. The Labute approximate surface area is 124 Å². The summed E-state index contributed by atoms with van der Waals surface area (Å²) in [5.41, 5.74) is 2.12. The third-order valence-corrected chi connectivity index (χ3v) is 4.36. The predicted octanol–water partition coefficient (Wildman–Crippen LogP) is 3.50. The van der Waals surface area contributed by atoms with Crippen LogP contribution < -0.4 is 4.90 Å². The first-order valence-electron chi connectivity index (χ1n) is 7.16. The van der Waals surface area contributed by atoms with E-state index in [1.54, 1.807) is 11.9 Å². The van der Waals surface area contributed by atoms with E-state index in [4.69, 9.17) is 0 Å². The summed E-state index contributed by atoms with van der Waals surface area (Å²) in [6.45, 7) is -0.499. The molecule has 21 heavy (non-hydrogen) atoms. The Morgan fingerprint density at radius 3 is 2.43 bits per heavy atom. The van der Waals surface area contributed by atoms with Gasteiger partial charge < -0.3 is 4.90 Å². The molecule has 0 aliphatic carbocycles. The van der Waals surface area contributed by atoms with Gasteiger partial charge in [-0.3, -0.25) is 9.18 Å². The van der Waals surface area contributed by atoms with Gasteiger partial charge in [-0.1, -0.05) is 48.5 Å². The fourth-order valence-electron chi connectivity index (χ4n) is 3.32. The van der Waals surface area contributed by atoms with E-state index in [1.807, 2.05) is 54.6 Å². The zero-order valence-electron chi connectivity index (χ0n) is 12.1. The molecule has 2 aromatic rings. The molecule has 0 radical (unpaired) electrons. The Bertz CT molecular complexity index is 655. The molecule has 0 saturated carbocycles. The summed E-state index contributed by atoms with van der Waals surface area (Å²) in [5.74, 6) is -0.00907. The lowest BCUT2D eigenvalue weighted by molar-refractivity contribution is -0.123. The number of benzene rings is 2. The highest BCUT2D eigenvalue weighted by Gasteiger charge is 2.49. The van der Waals surface area contributed by atoms with Crippen LogP contribution in [0.4, 0.5) is 10.1 Å². The first kappa shape index (κ1) is 13.8. The van der Waals surface area contributed by atoms with Gasteiger partial charge in [0.05, 0.1) is 12.1 Å². The van der Waals surface area contributed by atoms with Crippen LogP contribution in [0.25, 0.3) is 0 Å². The Morgan fingerprint density at radius 1 is 1.05 bits per heavy atom. The third kappa shape index (κ3) is 2.13. The monoisotopic (exact) mass is 283 g/mol. The Balaban J connectivity index is 2.11. The van der Waals surface area contributed by atoms with Crippen LogP contribution in [-0.2, 0) is 16.6 Å². The lowest BCUT2D eigenvalue weighted by Crippen LogP contribution is -2.41. The number of hydrogen-bond donors (Lipinski definition) is 0. The van der Waals surface area contributed by atoms with Crippen LogP contribution in [-0.4, -0.2) is 19.6 Å². The van der Waals surface area contributed by atoms with Crippen molar-refractivity contribution in [3.05, 3.63) is 65.7 Å². The van der Waals surface area contributed by atoms with Gasteiger partial charge >= 0.3 is 0 Å². The molecule has 3 heteroatoms. The molecule has 1 atom stereocenters. The molecule has 0 spiro atoms. The summed E-state index contributed by atoms with van der Waals surface area (Å²) < 4.78 is 13.2. The van der Waals surface area contributed by atoms with E-state index in [2.05, 4.69) is 0 Å². The van der Waals surface area contributed by atoms with Crippen molar-refractivity contribution in [2.75, 3.05) is 18.6 Å². The van der Waals surface area contributed by atoms with Gasteiger partial charge in [0.1, 0.15) is 0 Å². The summed E-state index contributed by atoms with van der Waals surface area (Å²) in [4.78, 5) is 14.5. The summed E-state index contributed by atoms with van der Waals surface area (Å²) >= 11 is 0. The fraction of sp³-hybridized carbons (Fsp3) is 0.278. The second kappa shape index (κ2) is 5.32.